The summed E-state index contributed by atoms with van der Waals surface area (Å²) < 4.78 is 28.6. The van der Waals surface area contributed by atoms with Crippen molar-refractivity contribution in [1.82, 2.24) is 14.9 Å². The molecule has 2 heterocycles. The second-order valence-electron chi connectivity index (χ2n) is 6.47. The van der Waals surface area contributed by atoms with Gasteiger partial charge in [-0.3, -0.25) is 0 Å². The van der Waals surface area contributed by atoms with E-state index in [4.69, 9.17) is 11.6 Å². The van der Waals surface area contributed by atoms with E-state index in [1.807, 2.05) is 0 Å². The molecule has 5 nitrogen and oxygen atoms in total. The number of benzene rings is 1. The maximum atomic E-state index is 14.3. The van der Waals surface area contributed by atoms with Gasteiger partial charge in [-0.2, -0.15) is 4.98 Å². The average Bonchev–Trinajstić information content (AvgIpc) is 2.68. The van der Waals surface area contributed by atoms with Gasteiger partial charge in [0.05, 0.1) is 5.56 Å². The lowest BCUT2D eigenvalue weighted by Crippen LogP contribution is -2.26. The van der Waals surface area contributed by atoms with Crippen LogP contribution in [0.5, 0.6) is 0 Å². The lowest BCUT2D eigenvalue weighted by atomic mass is 10.1. The molecule has 0 spiro atoms. The molecule has 3 rings (SSSR count). The second-order valence-corrected chi connectivity index (χ2v) is 6.82. The molecule has 0 radical (unpaired) electrons. The van der Waals surface area contributed by atoms with Crippen molar-refractivity contribution < 1.29 is 8.78 Å². The van der Waals surface area contributed by atoms with Gasteiger partial charge in [-0.1, -0.05) is 43.7 Å². The first-order valence-electron chi connectivity index (χ1n) is 9.47. The Hall–Kier alpha value is -2.25. The molecule has 8 heteroatoms. The Morgan fingerprint density at radius 2 is 1.89 bits per heavy atom. The largest absolute Gasteiger partial charge is 0.354 e. The maximum absolute atomic E-state index is 14.3. The number of hydrogen-bond donors (Lipinski definition) is 1. The van der Waals surface area contributed by atoms with E-state index in [1.165, 1.54) is 23.1 Å². The van der Waals surface area contributed by atoms with Crippen molar-refractivity contribution in [2.24, 2.45) is 0 Å². The highest BCUT2D eigenvalue weighted by Gasteiger charge is 2.25. The van der Waals surface area contributed by atoms with Crippen LogP contribution in [0.25, 0.3) is 6.08 Å². The standard InChI is InChI=1S/C20H24ClF2N5/c1-3-27(4-2)12-7-11-24-20-25-18(21)14-8-6-13-28(19(14)26-20)17-15(22)9-5-10-16(17)23/h5-6,8-10H,3-4,7,11-13H2,1-2H3,(H,24,25,26). The number of para-hydroxylation sites is 1. The van der Waals surface area contributed by atoms with Crippen molar-refractivity contribution in [2.45, 2.75) is 20.3 Å². The lowest BCUT2D eigenvalue weighted by Gasteiger charge is -2.28. The molecule has 1 aromatic heterocycles. The first kappa shape index (κ1) is 20.5. The molecular formula is C20H24ClF2N5. The van der Waals surface area contributed by atoms with Gasteiger partial charge in [-0.15, -0.1) is 0 Å². The minimum Gasteiger partial charge on any atom is -0.354 e. The summed E-state index contributed by atoms with van der Waals surface area (Å²) in [5, 5.41) is 3.41. The zero-order valence-electron chi connectivity index (χ0n) is 16.1. The van der Waals surface area contributed by atoms with Gasteiger partial charge in [-0.25, -0.2) is 13.8 Å². The topological polar surface area (TPSA) is 44.3 Å². The Morgan fingerprint density at radius 3 is 2.57 bits per heavy atom. The minimum absolute atomic E-state index is 0.143. The van der Waals surface area contributed by atoms with Gasteiger partial charge in [0.1, 0.15) is 28.3 Å². The summed E-state index contributed by atoms with van der Waals surface area (Å²) in [5.41, 5.74) is 0.402. The Kier molecular flexibility index (Phi) is 6.80. The first-order chi connectivity index (χ1) is 13.5. The van der Waals surface area contributed by atoms with Crippen molar-refractivity contribution >= 4 is 35.1 Å². The smallest absolute Gasteiger partial charge is 0.226 e. The molecule has 1 aliphatic heterocycles. The summed E-state index contributed by atoms with van der Waals surface area (Å²) in [7, 11) is 0. The summed E-state index contributed by atoms with van der Waals surface area (Å²) in [6.07, 6.45) is 4.48. The molecule has 0 saturated carbocycles. The Balaban J connectivity index is 1.82. The van der Waals surface area contributed by atoms with Crippen LogP contribution in [0.15, 0.2) is 24.3 Å². The molecule has 0 fully saturated rings. The zero-order valence-corrected chi connectivity index (χ0v) is 16.8. The van der Waals surface area contributed by atoms with Crippen LogP contribution in [-0.2, 0) is 0 Å². The summed E-state index contributed by atoms with van der Waals surface area (Å²) in [5.74, 6) is -0.562. The number of fused-ring (bicyclic) bond motifs is 1. The number of nitrogens with one attached hydrogen (secondary N) is 1. The van der Waals surface area contributed by atoms with Gasteiger partial charge in [0.2, 0.25) is 5.95 Å². The third kappa shape index (κ3) is 4.42. The van der Waals surface area contributed by atoms with E-state index in [2.05, 4.69) is 34.0 Å². The second kappa shape index (κ2) is 9.30. The van der Waals surface area contributed by atoms with Crippen LogP contribution in [0.1, 0.15) is 25.8 Å². The van der Waals surface area contributed by atoms with Crippen LogP contribution in [0, 0.1) is 11.6 Å². The minimum atomic E-state index is -0.648. The molecule has 0 unspecified atom stereocenters. The van der Waals surface area contributed by atoms with Gasteiger partial charge in [0.15, 0.2) is 0 Å². The van der Waals surface area contributed by atoms with E-state index >= 15 is 0 Å². The predicted molar refractivity (Wildman–Crippen MR) is 110 cm³/mol. The fourth-order valence-corrected chi connectivity index (χ4v) is 3.44. The fourth-order valence-electron chi connectivity index (χ4n) is 3.21. The highest BCUT2D eigenvalue weighted by atomic mass is 35.5. The molecule has 0 aliphatic carbocycles. The van der Waals surface area contributed by atoms with Gasteiger partial charge >= 0.3 is 0 Å². The van der Waals surface area contributed by atoms with E-state index in [9.17, 15) is 8.78 Å². The van der Waals surface area contributed by atoms with Crippen molar-refractivity contribution in [3.05, 3.63) is 46.6 Å². The van der Waals surface area contributed by atoms with Gasteiger partial charge < -0.3 is 15.1 Å². The van der Waals surface area contributed by atoms with E-state index in [0.717, 1.165) is 26.1 Å². The summed E-state index contributed by atoms with van der Waals surface area (Å²) in [6.45, 7) is 8.21. The monoisotopic (exact) mass is 407 g/mol. The molecule has 0 atom stereocenters. The van der Waals surface area contributed by atoms with Gasteiger partial charge in [0.25, 0.3) is 0 Å². The Bertz CT molecular complexity index is 834. The number of anilines is 3. The Morgan fingerprint density at radius 1 is 1.18 bits per heavy atom. The average molecular weight is 408 g/mol. The number of hydrogen-bond acceptors (Lipinski definition) is 5. The summed E-state index contributed by atoms with van der Waals surface area (Å²) in [6, 6.07) is 3.79. The molecule has 0 amide bonds. The molecule has 0 bridgehead atoms. The molecule has 1 aliphatic rings. The maximum Gasteiger partial charge on any atom is 0.226 e. The summed E-state index contributed by atoms with van der Waals surface area (Å²) >= 11 is 6.32. The number of nitrogens with zero attached hydrogens (tertiary/aromatic N) is 4. The molecular weight excluding hydrogens is 384 g/mol. The van der Waals surface area contributed by atoms with Crippen molar-refractivity contribution in [3.8, 4) is 0 Å². The fraction of sp³-hybridized carbons (Fsp3) is 0.400. The highest BCUT2D eigenvalue weighted by molar-refractivity contribution is 6.31. The SMILES string of the molecule is CCN(CC)CCCNc1nc(Cl)c2c(n1)N(c1c(F)cccc1F)CC=C2. The van der Waals surface area contributed by atoms with E-state index in [0.29, 0.717) is 30.4 Å². The van der Waals surface area contributed by atoms with Gasteiger partial charge in [-0.05, 0) is 38.2 Å². The van der Waals surface area contributed by atoms with Crippen LogP contribution in [-0.4, -0.2) is 47.6 Å². The number of aromatic nitrogens is 2. The Labute approximate surface area is 169 Å². The van der Waals surface area contributed by atoms with Crippen molar-refractivity contribution in [1.29, 1.82) is 0 Å². The van der Waals surface area contributed by atoms with E-state index in [1.54, 1.807) is 12.2 Å². The normalized spacial score (nSPS) is 13.1. The third-order valence-corrected chi connectivity index (χ3v) is 5.03. The van der Waals surface area contributed by atoms with Crippen molar-refractivity contribution in [2.75, 3.05) is 42.9 Å². The van der Waals surface area contributed by atoms with Crippen LogP contribution in [0.4, 0.5) is 26.2 Å². The zero-order chi connectivity index (χ0) is 20.1. The van der Waals surface area contributed by atoms with Crippen LogP contribution in [0.3, 0.4) is 0 Å². The molecule has 2 aromatic rings. The number of halogens is 3. The lowest BCUT2D eigenvalue weighted by molar-refractivity contribution is 0.303. The summed E-state index contributed by atoms with van der Waals surface area (Å²) in [4.78, 5) is 12.6. The molecule has 0 saturated heterocycles. The van der Waals surface area contributed by atoms with Gasteiger partial charge in [0, 0.05) is 13.1 Å². The van der Waals surface area contributed by atoms with E-state index in [-0.39, 0.29) is 10.8 Å². The molecule has 150 valence electrons. The first-order valence-corrected chi connectivity index (χ1v) is 9.84. The van der Waals surface area contributed by atoms with Crippen LogP contribution in [0.2, 0.25) is 5.15 Å². The van der Waals surface area contributed by atoms with Crippen LogP contribution >= 0.6 is 11.6 Å². The third-order valence-electron chi connectivity index (χ3n) is 4.74. The molecule has 1 aromatic carbocycles. The quantitative estimate of drug-likeness (QED) is 0.507. The highest BCUT2D eigenvalue weighted by Crippen LogP contribution is 2.37. The number of rotatable bonds is 8. The molecule has 1 N–H and O–H groups in total. The van der Waals surface area contributed by atoms with Crippen LogP contribution < -0.4 is 10.2 Å². The predicted octanol–water partition coefficient (Wildman–Crippen LogP) is 4.72. The van der Waals surface area contributed by atoms with E-state index < -0.39 is 11.6 Å². The molecule has 28 heavy (non-hydrogen) atoms. The van der Waals surface area contributed by atoms with Crippen molar-refractivity contribution in [3.63, 3.8) is 0 Å².